The number of amides is 1. The van der Waals surface area contributed by atoms with E-state index in [-0.39, 0.29) is 29.0 Å². The molecule has 3 rings (SSSR count). The SMILES string of the molecule is C[C@H]1CN(c2cc3c(cc2[N+](=O)[O-])CC(=O)N3)CCN1. The molecule has 20 heavy (non-hydrogen) atoms. The van der Waals surface area contributed by atoms with Crippen LogP contribution in [0.2, 0.25) is 0 Å². The monoisotopic (exact) mass is 276 g/mol. The van der Waals surface area contributed by atoms with Crippen LogP contribution in [0.4, 0.5) is 17.1 Å². The van der Waals surface area contributed by atoms with Gasteiger partial charge in [0.2, 0.25) is 5.91 Å². The van der Waals surface area contributed by atoms with Crippen LogP contribution in [-0.4, -0.2) is 36.5 Å². The second-order valence-corrected chi connectivity index (χ2v) is 5.28. The molecule has 1 aromatic carbocycles. The zero-order valence-corrected chi connectivity index (χ0v) is 11.2. The average Bonchev–Trinajstić information content (AvgIpc) is 2.76. The molecule has 1 fully saturated rings. The van der Waals surface area contributed by atoms with Gasteiger partial charge in [0.1, 0.15) is 5.69 Å². The molecule has 0 aliphatic carbocycles. The van der Waals surface area contributed by atoms with Crippen LogP contribution in [-0.2, 0) is 11.2 Å². The number of fused-ring (bicyclic) bond motifs is 1. The van der Waals surface area contributed by atoms with E-state index in [4.69, 9.17) is 0 Å². The summed E-state index contributed by atoms with van der Waals surface area (Å²) < 4.78 is 0. The topological polar surface area (TPSA) is 87.5 Å². The Morgan fingerprint density at radius 3 is 2.95 bits per heavy atom. The molecule has 2 aliphatic heterocycles. The molecule has 106 valence electrons. The molecule has 1 atom stereocenters. The van der Waals surface area contributed by atoms with Gasteiger partial charge in [-0.15, -0.1) is 0 Å². The molecule has 7 heteroatoms. The van der Waals surface area contributed by atoms with E-state index in [1.807, 2.05) is 11.8 Å². The summed E-state index contributed by atoms with van der Waals surface area (Å²) in [5.74, 6) is -0.111. The fourth-order valence-electron chi connectivity index (χ4n) is 2.80. The van der Waals surface area contributed by atoms with Gasteiger partial charge in [0.15, 0.2) is 0 Å². The molecular weight excluding hydrogens is 260 g/mol. The van der Waals surface area contributed by atoms with E-state index >= 15 is 0 Å². The Morgan fingerprint density at radius 1 is 1.45 bits per heavy atom. The van der Waals surface area contributed by atoms with E-state index in [0.29, 0.717) is 23.5 Å². The van der Waals surface area contributed by atoms with Crippen LogP contribution in [0.1, 0.15) is 12.5 Å². The molecule has 2 heterocycles. The molecule has 0 unspecified atom stereocenters. The lowest BCUT2D eigenvalue weighted by Gasteiger charge is -2.33. The quantitative estimate of drug-likeness (QED) is 0.618. The van der Waals surface area contributed by atoms with Crippen LogP contribution in [0.3, 0.4) is 0 Å². The highest BCUT2D eigenvalue weighted by atomic mass is 16.6. The first-order valence-electron chi connectivity index (χ1n) is 6.64. The molecule has 0 spiro atoms. The molecule has 1 saturated heterocycles. The maximum Gasteiger partial charge on any atom is 0.292 e. The van der Waals surface area contributed by atoms with Gasteiger partial charge in [-0.1, -0.05) is 0 Å². The van der Waals surface area contributed by atoms with Gasteiger partial charge in [0.25, 0.3) is 5.69 Å². The number of piperazine rings is 1. The van der Waals surface area contributed by atoms with Crippen LogP contribution in [0.5, 0.6) is 0 Å². The maximum atomic E-state index is 11.4. The highest BCUT2D eigenvalue weighted by molar-refractivity contribution is 6.00. The van der Waals surface area contributed by atoms with E-state index < -0.39 is 0 Å². The molecule has 7 nitrogen and oxygen atoms in total. The fraction of sp³-hybridized carbons (Fsp3) is 0.462. The lowest BCUT2D eigenvalue weighted by Crippen LogP contribution is -2.49. The van der Waals surface area contributed by atoms with Crippen molar-refractivity contribution < 1.29 is 9.72 Å². The standard InChI is InChI=1S/C13H16N4O3/c1-8-7-16(3-2-14-8)11-6-10-9(5-13(18)15-10)4-12(11)17(19)20/h4,6,8,14H,2-3,5,7H2,1H3,(H,15,18)/t8-/m0/s1. The number of anilines is 2. The number of hydrogen-bond acceptors (Lipinski definition) is 5. The number of nitro groups is 1. The number of carbonyl (C=O) groups excluding carboxylic acids is 1. The Labute approximate surface area is 116 Å². The minimum Gasteiger partial charge on any atom is -0.363 e. The van der Waals surface area contributed by atoms with Crippen molar-refractivity contribution >= 4 is 23.0 Å². The van der Waals surface area contributed by atoms with Gasteiger partial charge in [-0.3, -0.25) is 14.9 Å². The first-order chi connectivity index (χ1) is 9.54. The molecular formula is C13H16N4O3. The zero-order valence-electron chi connectivity index (χ0n) is 11.2. The lowest BCUT2D eigenvalue weighted by molar-refractivity contribution is -0.384. The average molecular weight is 276 g/mol. The van der Waals surface area contributed by atoms with E-state index in [9.17, 15) is 14.9 Å². The van der Waals surface area contributed by atoms with Crippen LogP contribution >= 0.6 is 0 Å². The van der Waals surface area contributed by atoms with Crippen molar-refractivity contribution in [2.75, 3.05) is 29.9 Å². The molecule has 1 amide bonds. The number of nitrogens with zero attached hydrogens (tertiary/aromatic N) is 2. The van der Waals surface area contributed by atoms with E-state index in [1.165, 1.54) is 6.07 Å². The Balaban J connectivity index is 2.02. The minimum absolute atomic E-state index is 0.0781. The molecule has 2 N–H and O–H groups in total. The third-order valence-electron chi connectivity index (χ3n) is 3.73. The van der Waals surface area contributed by atoms with Crippen molar-refractivity contribution in [3.63, 3.8) is 0 Å². The summed E-state index contributed by atoms with van der Waals surface area (Å²) in [4.78, 5) is 24.3. The second kappa shape index (κ2) is 4.75. The Kier molecular flexibility index (Phi) is 3.06. The predicted molar refractivity (Wildman–Crippen MR) is 75.1 cm³/mol. The molecule has 1 aromatic rings. The van der Waals surface area contributed by atoms with Crippen LogP contribution < -0.4 is 15.5 Å². The Hall–Kier alpha value is -2.15. The van der Waals surface area contributed by atoms with Gasteiger partial charge < -0.3 is 15.5 Å². The first-order valence-corrected chi connectivity index (χ1v) is 6.64. The Bertz CT molecular complexity index is 587. The number of hydrogen-bond donors (Lipinski definition) is 2. The van der Waals surface area contributed by atoms with Crippen molar-refractivity contribution in [3.05, 3.63) is 27.8 Å². The number of nitro benzene ring substituents is 1. The summed E-state index contributed by atoms with van der Waals surface area (Å²) in [7, 11) is 0. The molecule has 0 radical (unpaired) electrons. The second-order valence-electron chi connectivity index (χ2n) is 5.28. The lowest BCUT2D eigenvalue weighted by atomic mass is 10.1. The van der Waals surface area contributed by atoms with Crippen molar-refractivity contribution in [2.45, 2.75) is 19.4 Å². The third kappa shape index (κ3) is 2.20. The number of nitrogens with one attached hydrogen (secondary N) is 2. The van der Waals surface area contributed by atoms with Gasteiger partial charge in [-0.25, -0.2) is 0 Å². The van der Waals surface area contributed by atoms with E-state index in [1.54, 1.807) is 6.07 Å². The summed E-state index contributed by atoms with van der Waals surface area (Å²) in [6, 6.07) is 3.54. The van der Waals surface area contributed by atoms with E-state index in [0.717, 1.165) is 13.1 Å². The van der Waals surface area contributed by atoms with Gasteiger partial charge in [0, 0.05) is 37.4 Å². The molecule has 0 bridgehead atoms. The third-order valence-corrected chi connectivity index (χ3v) is 3.73. The van der Waals surface area contributed by atoms with Gasteiger partial charge in [-0.2, -0.15) is 0 Å². The van der Waals surface area contributed by atoms with Gasteiger partial charge in [0.05, 0.1) is 11.3 Å². The smallest absolute Gasteiger partial charge is 0.292 e. The number of benzene rings is 1. The summed E-state index contributed by atoms with van der Waals surface area (Å²) >= 11 is 0. The summed E-state index contributed by atoms with van der Waals surface area (Å²) in [5, 5.41) is 17.3. The highest BCUT2D eigenvalue weighted by Gasteiger charge is 2.28. The largest absolute Gasteiger partial charge is 0.363 e. The van der Waals surface area contributed by atoms with Gasteiger partial charge >= 0.3 is 0 Å². The van der Waals surface area contributed by atoms with Crippen LogP contribution in [0.15, 0.2) is 12.1 Å². The summed E-state index contributed by atoms with van der Waals surface area (Å²) in [6.45, 7) is 4.28. The van der Waals surface area contributed by atoms with Crippen molar-refractivity contribution in [2.24, 2.45) is 0 Å². The number of carbonyl (C=O) groups is 1. The first kappa shape index (κ1) is 12.9. The fourth-order valence-corrected chi connectivity index (χ4v) is 2.80. The minimum atomic E-state index is -0.370. The van der Waals surface area contributed by atoms with Crippen LogP contribution in [0, 0.1) is 10.1 Å². The molecule has 0 saturated carbocycles. The van der Waals surface area contributed by atoms with E-state index in [2.05, 4.69) is 10.6 Å². The molecule has 0 aromatic heterocycles. The van der Waals surface area contributed by atoms with Crippen molar-refractivity contribution in [1.29, 1.82) is 0 Å². The Morgan fingerprint density at radius 2 is 2.25 bits per heavy atom. The van der Waals surface area contributed by atoms with Crippen LogP contribution in [0.25, 0.3) is 0 Å². The summed E-state index contributed by atoms with van der Waals surface area (Å²) in [5.41, 5.74) is 2.06. The zero-order chi connectivity index (χ0) is 14.3. The highest BCUT2D eigenvalue weighted by Crippen LogP contribution is 2.37. The number of rotatable bonds is 2. The van der Waals surface area contributed by atoms with Gasteiger partial charge in [-0.05, 0) is 18.6 Å². The normalized spacial score (nSPS) is 21.6. The summed E-state index contributed by atoms with van der Waals surface area (Å²) in [6.07, 6.45) is 0.217. The van der Waals surface area contributed by atoms with Crippen molar-refractivity contribution in [3.8, 4) is 0 Å². The maximum absolute atomic E-state index is 11.4. The van der Waals surface area contributed by atoms with Crippen molar-refractivity contribution in [1.82, 2.24) is 5.32 Å². The predicted octanol–water partition coefficient (Wildman–Crippen LogP) is 0.887. The molecule has 2 aliphatic rings.